The molecule has 4 rings (SSSR count). The Balaban J connectivity index is 1.80. The van der Waals surface area contributed by atoms with E-state index in [9.17, 15) is 23.1 Å². The standard InChI is InChI=1S/C28H34Cl2N2O6S/c1-3-23(17-39(36,37)31-14-18-15-38-16-18)32-26(19-7-9-21(29)10-8-19)24(20-5-4-6-22(30)11-20)12-28(2,27(32)35)13-25(33)34/h4-11,18,23-24,26,31H,3,12-17H2,1-2H3,(H,33,34)/t23?,24-,26-,28-/m1/s1. The number of carboxylic acid groups (broad SMARTS) is 1. The van der Waals surface area contributed by atoms with Crippen LogP contribution in [0.4, 0.5) is 0 Å². The third-order valence-electron chi connectivity index (χ3n) is 7.71. The molecular formula is C28H34Cl2N2O6S. The molecule has 8 nitrogen and oxygen atoms in total. The summed E-state index contributed by atoms with van der Waals surface area (Å²) in [6.45, 7) is 4.79. The van der Waals surface area contributed by atoms with Crippen molar-refractivity contribution >= 4 is 45.1 Å². The second kappa shape index (κ2) is 12.1. The van der Waals surface area contributed by atoms with Gasteiger partial charge in [-0.2, -0.15) is 0 Å². The molecule has 2 heterocycles. The minimum atomic E-state index is -3.76. The second-order valence-corrected chi connectivity index (χ2v) is 13.5. The van der Waals surface area contributed by atoms with E-state index in [0.29, 0.717) is 29.7 Å². The summed E-state index contributed by atoms with van der Waals surface area (Å²) in [5.74, 6) is -1.99. The average Bonchev–Trinajstić information content (AvgIpc) is 2.83. The number of amides is 1. The number of nitrogens with one attached hydrogen (secondary N) is 1. The van der Waals surface area contributed by atoms with E-state index in [1.807, 2.05) is 37.3 Å². The zero-order chi connectivity index (χ0) is 28.4. The number of benzene rings is 2. The van der Waals surface area contributed by atoms with Crippen LogP contribution in [-0.2, 0) is 24.3 Å². The number of carbonyl (C=O) groups excluding carboxylic acids is 1. The Labute approximate surface area is 239 Å². The van der Waals surface area contributed by atoms with Gasteiger partial charge in [-0.1, -0.05) is 61.3 Å². The van der Waals surface area contributed by atoms with Crippen molar-refractivity contribution in [3.63, 3.8) is 0 Å². The van der Waals surface area contributed by atoms with E-state index in [1.165, 1.54) is 0 Å². The maximum Gasteiger partial charge on any atom is 0.304 e. The predicted octanol–water partition coefficient (Wildman–Crippen LogP) is 4.88. The van der Waals surface area contributed by atoms with E-state index < -0.39 is 33.5 Å². The minimum absolute atomic E-state index is 0.129. The number of piperidine rings is 1. The first kappa shape index (κ1) is 29.8. The Morgan fingerprint density at radius 2 is 1.85 bits per heavy atom. The molecule has 0 spiro atoms. The molecule has 2 saturated heterocycles. The van der Waals surface area contributed by atoms with Crippen LogP contribution in [0.15, 0.2) is 48.5 Å². The number of hydrogen-bond donors (Lipinski definition) is 2. The number of hydrogen-bond acceptors (Lipinski definition) is 5. The predicted molar refractivity (Wildman–Crippen MR) is 150 cm³/mol. The molecular weight excluding hydrogens is 563 g/mol. The molecule has 2 fully saturated rings. The number of halogens is 2. The molecule has 4 atom stereocenters. The smallest absolute Gasteiger partial charge is 0.304 e. The van der Waals surface area contributed by atoms with Gasteiger partial charge in [0.05, 0.1) is 36.8 Å². The topological polar surface area (TPSA) is 113 Å². The highest BCUT2D eigenvalue weighted by atomic mass is 35.5. The van der Waals surface area contributed by atoms with Crippen LogP contribution in [0.25, 0.3) is 0 Å². The number of carbonyl (C=O) groups is 2. The molecule has 39 heavy (non-hydrogen) atoms. The molecule has 2 aromatic carbocycles. The second-order valence-electron chi connectivity index (χ2n) is 10.8. The van der Waals surface area contributed by atoms with Crippen LogP contribution in [0.3, 0.4) is 0 Å². The summed E-state index contributed by atoms with van der Waals surface area (Å²) < 4.78 is 34.2. The van der Waals surface area contributed by atoms with Gasteiger partial charge < -0.3 is 14.7 Å². The van der Waals surface area contributed by atoms with Gasteiger partial charge in [0.25, 0.3) is 0 Å². The lowest BCUT2D eigenvalue weighted by Gasteiger charge is -2.51. The summed E-state index contributed by atoms with van der Waals surface area (Å²) in [7, 11) is -3.76. The van der Waals surface area contributed by atoms with Gasteiger partial charge in [0.15, 0.2) is 0 Å². The van der Waals surface area contributed by atoms with Crippen LogP contribution in [0, 0.1) is 11.3 Å². The fourth-order valence-corrected chi connectivity index (χ4v) is 7.47. The summed E-state index contributed by atoms with van der Waals surface area (Å²) in [5.41, 5.74) is 0.373. The molecule has 1 unspecified atom stereocenters. The van der Waals surface area contributed by atoms with Gasteiger partial charge in [-0.15, -0.1) is 0 Å². The summed E-state index contributed by atoms with van der Waals surface area (Å²) in [6, 6.07) is 13.2. The molecule has 0 radical (unpaired) electrons. The number of sulfonamides is 1. The molecule has 2 aliphatic rings. The molecule has 2 aliphatic heterocycles. The van der Waals surface area contributed by atoms with E-state index in [-0.39, 0.29) is 42.9 Å². The molecule has 2 aromatic rings. The number of carboxylic acids is 1. The van der Waals surface area contributed by atoms with Gasteiger partial charge in [0.2, 0.25) is 15.9 Å². The van der Waals surface area contributed by atoms with Crippen LogP contribution in [0.1, 0.15) is 56.2 Å². The van der Waals surface area contributed by atoms with Crippen molar-refractivity contribution in [2.24, 2.45) is 11.3 Å². The Bertz CT molecular complexity index is 1300. The van der Waals surface area contributed by atoms with Crippen molar-refractivity contribution < 1.29 is 27.9 Å². The fraction of sp³-hybridized carbons (Fsp3) is 0.500. The Kier molecular flexibility index (Phi) is 9.28. The summed E-state index contributed by atoms with van der Waals surface area (Å²) in [6.07, 6.45) is 0.232. The van der Waals surface area contributed by atoms with Crippen molar-refractivity contribution in [2.45, 2.75) is 51.1 Å². The SMILES string of the molecule is CCC(CS(=O)(=O)NCC1COC1)N1C(=O)[C@@](C)(CC(=O)O)C[C@H](c2cccc(Cl)c2)[C@H]1c1ccc(Cl)cc1. The lowest BCUT2D eigenvalue weighted by Crippen LogP contribution is -2.58. The van der Waals surface area contributed by atoms with Crippen LogP contribution < -0.4 is 4.72 Å². The third kappa shape index (κ3) is 6.95. The first-order valence-electron chi connectivity index (χ1n) is 13.0. The first-order chi connectivity index (χ1) is 18.4. The van der Waals surface area contributed by atoms with Crippen LogP contribution in [-0.4, -0.2) is 61.9 Å². The number of likely N-dealkylation sites (tertiary alicyclic amines) is 1. The monoisotopic (exact) mass is 596 g/mol. The quantitative estimate of drug-likeness (QED) is 0.382. The molecule has 0 bridgehead atoms. The zero-order valence-corrected chi connectivity index (χ0v) is 24.3. The van der Waals surface area contributed by atoms with Crippen LogP contribution in [0.5, 0.6) is 0 Å². The molecule has 212 valence electrons. The maximum atomic E-state index is 14.3. The largest absolute Gasteiger partial charge is 0.481 e. The lowest BCUT2D eigenvalue weighted by atomic mass is 9.67. The Hall–Kier alpha value is -2.17. The number of rotatable bonds is 11. The number of ether oxygens (including phenoxy) is 1. The molecule has 11 heteroatoms. The van der Waals surface area contributed by atoms with Crippen molar-refractivity contribution in [3.05, 3.63) is 69.7 Å². The summed E-state index contributed by atoms with van der Waals surface area (Å²) in [5, 5.41) is 10.8. The van der Waals surface area contributed by atoms with Gasteiger partial charge in [0.1, 0.15) is 0 Å². The highest BCUT2D eigenvalue weighted by molar-refractivity contribution is 7.89. The lowest BCUT2D eigenvalue weighted by molar-refractivity contribution is -0.160. The van der Waals surface area contributed by atoms with Crippen molar-refractivity contribution in [3.8, 4) is 0 Å². The summed E-state index contributed by atoms with van der Waals surface area (Å²) in [4.78, 5) is 27.8. The van der Waals surface area contributed by atoms with Gasteiger partial charge >= 0.3 is 5.97 Å². The molecule has 0 saturated carbocycles. The van der Waals surface area contributed by atoms with E-state index in [0.717, 1.165) is 11.1 Å². The Morgan fingerprint density at radius 1 is 1.15 bits per heavy atom. The van der Waals surface area contributed by atoms with Gasteiger partial charge in [-0.25, -0.2) is 13.1 Å². The van der Waals surface area contributed by atoms with Crippen LogP contribution >= 0.6 is 23.2 Å². The zero-order valence-electron chi connectivity index (χ0n) is 22.0. The van der Waals surface area contributed by atoms with E-state index in [1.54, 1.807) is 30.0 Å². The minimum Gasteiger partial charge on any atom is -0.481 e. The van der Waals surface area contributed by atoms with E-state index >= 15 is 0 Å². The average molecular weight is 598 g/mol. The highest BCUT2D eigenvalue weighted by Gasteiger charge is 2.52. The Morgan fingerprint density at radius 3 is 2.41 bits per heavy atom. The van der Waals surface area contributed by atoms with E-state index in [2.05, 4.69) is 4.72 Å². The van der Waals surface area contributed by atoms with Crippen molar-refractivity contribution in [2.75, 3.05) is 25.5 Å². The van der Waals surface area contributed by atoms with Gasteiger partial charge in [0, 0.05) is 34.5 Å². The molecule has 2 N–H and O–H groups in total. The summed E-state index contributed by atoms with van der Waals surface area (Å²) >= 11 is 12.6. The molecule has 0 aromatic heterocycles. The maximum absolute atomic E-state index is 14.3. The fourth-order valence-electron chi connectivity index (χ4n) is 5.64. The van der Waals surface area contributed by atoms with Crippen molar-refractivity contribution in [1.29, 1.82) is 0 Å². The third-order valence-corrected chi connectivity index (χ3v) is 9.62. The first-order valence-corrected chi connectivity index (χ1v) is 15.4. The molecule has 1 amide bonds. The number of nitrogens with zero attached hydrogens (tertiary/aromatic N) is 1. The van der Waals surface area contributed by atoms with Gasteiger partial charge in [-0.05, 0) is 48.2 Å². The number of aliphatic carboxylic acids is 1. The van der Waals surface area contributed by atoms with Crippen LogP contribution in [0.2, 0.25) is 10.0 Å². The molecule has 0 aliphatic carbocycles. The normalized spacial score (nSPS) is 24.8. The highest BCUT2D eigenvalue weighted by Crippen LogP contribution is 2.52. The van der Waals surface area contributed by atoms with E-state index in [4.69, 9.17) is 27.9 Å². The van der Waals surface area contributed by atoms with Crippen molar-refractivity contribution in [1.82, 2.24) is 9.62 Å². The van der Waals surface area contributed by atoms with Gasteiger partial charge in [-0.3, -0.25) is 9.59 Å².